The summed E-state index contributed by atoms with van der Waals surface area (Å²) < 4.78 is 13.3. The fraction of sp³-hybridized carbons (Fsp3) is 0.462. The zero-order valence-electron chi connectivity index (χ0n) is 20.3. The Bertz CT molecular complexity index is 1230. The minimum absolute atomic E-state index is 0.193. The van der Waals surface area contributed by atoms with Crippen molar-refractivity contribution in [2.45, 2.75) is 58.9 Å². The van der Waals surface area contributed by atoms with Crippen molar-refractivity contribution >= 4 is 34.2 Å². The minimum Gasteiger partial charge on any atom is -0.319 e. The van der Waals surface area contributed by atoms with Crippen LogP contribution in [0.2, 0.25) is 0 Å². The number of thiophene rings is 1. The fourth-order valence-corrected chi connectivity index (χ4v) is 6.17. The number of urea groups is 1. The van der Waals surface area contributed by atoms with Crippen LogP contribution in [-0.2, 0) is 28.0 Å². The third-order valence-corrected chi connectivity index (χ3v) is 8.81. The molecule has 4 rings (SSSR count). The smallest absolute Gasteiger partial charge is 0.319 e. The monoisotopic (exact) mass is 496 g/mol. The van der Waals surface area contributed by atoms with Crippen LogP contribution in [-0.4, -0.2) is 29.3 Å². The molecular formula is C26H29FN4O3S. The van der Waals surface area contributed by atoms with Gasteiger partial charge in [0.25, 0.3) is 5.91 Å². The highest BCUT2D eigenvalue weighted by Crippen LogP contribution is 2.45. The normalized spacial score (nSPS) is 21.9. The maximum absolute atomic E-state index is 13.3. The van der Waals surface area contributed by atoms with Crippen LogP contribution in [0.3, 0.4) is 0 Å². The Hall–Kier alpha value is -3.25. The van der Waals surface area contributed by atoms with Gasteiger partial charge in [0.2, 0.25) is 5.91 Å². The summed E-state index contributed by atoms with van der Waals surface area (Å²) in [7, 11) is 0. The van der Waals surface area contributed by atoms with Crippen LogP contribution in [0.5, 0.6) is 0 Å². The van der Waals surface area contributed by atoms with E-state index in [9.17, 15) is 24.0 Å². The number of halogens is 1. The lowest BCUT2D eigenvalue weighted by molar-refractivity contribution is -0.133. The van der Waals surface area contributed by atoms with E-state index in [0.717, 1.165) is 41.0 Å². The number of hydrogen-bond acceptors (Lipinski definition) is 5. The second-order valence-corrected chi connectivity index (χ2v) is 11.2. The highest BCUT2D eigenvalue weighted by Gasteiger charge is 2.49. The van der Waals surface area contributed by atoms with Gasteiger partial charge >= 0.3 is 6.03 Å². The van der Waals surface area contributed by atoms with Crippen LogP contribution in [0.4, 0.5) is 14.2 Å². The first-order valence-electron chi connectivity index (χ1n) is 11.7. The number of benzene rings is 1. The van der Waals surface area contributed by atoms with Crippen molar-refractivity contribution in [3.05, 3.63) is 51.7 Å². The summed E-state index contributed by atoms with van der Waals surface area (Å²) in [4.78, 5) is 40.5. The van der Waals surface area contributed by atoms with Gasteiger partial charge in [-0.2, -0.15) is 5.26 Å². The number of hydrogen-bond donors (Lipinski definition) is 2. The maximum atomic E-state index is 13.3. The van der Waals surface area contributed by atoms with Crippen molar-refractivity contribution in [3.63, 3.8) is 0 Å². The predicted octanol–water partition coefficient (Wildman–Crippen LogP) is 4.71. The summed E-state index contributed by atoms with van der Waals surface area (Å²) in [5.41, 5.74) is 0.682. The summed E-state index contributed by atoms with van der Waals surface area (Å²) in [6.45, 7) is 7.76. The molecule has 0 saturated carbocycles. The highest BCUT2D eigenvalue weighted by molar-refractivity contribution is 7.16. The molecule has 0 spiro atoms. The van der Waals surface area contributed by atoms with Crippen LogP contribution in [0.1, 0.15) is 62.1 Å². The van der Waals surface area contributed by atoms with E-state index in [1.165, 1.54) is 42.5 Å². The van der Waals surface area contributed by atoms with E-state index in [1.54, 1.807) is 0 Å². The lowest BCUT2D eigenvalue weighted by Gasteiger charge is -2.36. The number of amides is 4. The Morgan fingerprint density at radius 2 is 2.03 bits per heavy atom. The van der Waals surface area contributed by atoms with Gasteiger partial charge in [-0.1, -0.05) is 39.3 Å². The molecule has 1 fully saturated rings. The number of nitrogens with one attached hydrogen (secondary N) is 2. The predicted molar refractivity (Wildman–Crippen MR) is 131 cm³/mol. The Labute approximate surface area is 208 Å². The second-order valence-electron chi connectivity index (χ2n) is 10.1. The maximum Gasteiger partial charge on any atom is 0.325 e. The van der Waals surface area contributed by atoms with Gasteiger partial charge in [0, 0.05) is 4.88 Å². The molecule has 2 heterocycles. The zero-order chi connectivity index (χ0) is 25.5. The molecule has 2 unspecified atom stereocenters. The number of fused-ring (bicyclic) bond motifs is 1. The lowest BCUT2D eigenvalue weighted by atomic mass is 9.69. The van der Waals surface area contributed by atoms with Gasteiger partial charge in [-0.15, -0.1) is 11.3 Å². The number of anilines is 1. The molecule has 0 radical (unpaired) electrons. The molecule has 184 valence electrons. The van der Waals surface area contributed by atoms with Crippen LogP contribution in [0.25, 0.3) is 0 Å². The van der Waals surface area contributed by atoms with Crippen molar-refractivity contribution in [3.8, 4) is 6.07 Å². The summed E-state index contributed by atoms with van der Waals surface area (Å²) >= 11 is 1.41. The largest absolute Gasteiger partial charge is 0.325 e. The first-order valence-corrected chi connectivity index (χ1v) is 12.6. The molecule has 1 saturated heterocycles. The van der Waals surface area contributed by atoms with E-state index in [2.05, 4.69) is 37.5 Å². The molecule has 2 aliphatic rings. The fourth-order valence-electron chi connectivity index (χ4n) is 4.88. The highest BCUT2D eigenvalue weighted by atomic mass is 32.1. The van der Waals surface area contributed by atoms with Crippen molar-refractivity contribution in [2.75, 3.05) is 11.9 Å². The van der Waals surface area contributed by atoms with E-state index in [4.69, 9.17) is 0 Å². The van der Waals surface area contributed by atoms with E-state index in [1.807, 2.05) is 0 Å². The standard InChI is InChI=1S/C26H29FN4O3S/c1-5-25(2,3)16-8-11-18-19(13-28)22(35-20(18)12-16)29-21(32)14-31-23(33)26(4,30-24(31)34)15-6-9-17(27)10-7-15/h6-7,9-10,16H,5,8,11-12,14H2,1-4H3,(H,29,32)(H,30,34). The molecular weight excluding hydrogens is 467 g/mol. The number of nitrogens with zero attached hydrogens (tertiary/aromatic N) is 2. The number of carbonyl (C=O) groups is 3. The van der Waals surface area contributed by atoms with Gasteiger partial charge in [-0.05, 0) is 60.8 Å². The van der Waals surface area contributed by atoms with Crippen molar-refractivity contribution < 1.29 is 18.8 Å². The Morgan fingerprint density at radius 3 is 2.66 bits per heavy atom. The average molecular weight is 497 g/mol. The first kappa shape index (κ1) is 24.9. The Kier molecular flexibility index (Phi) is 6.45. The van der Waals surface area contributed by atoms with Gasteiger partial charge in [-0.3, -0.25) is 14.5 Å². The van der Waals surface area contributed by atoms with Crippen LogP contribution in [0, 0.1) is 28.5 Å². The van der Waals surface area contributed by atoms with Gasteiger partial charge < -0.3 is 10.6 Å². The van der Waals surface area contributed by atoms with Gasteiger partial charge in [0.15, 0.2) is 0 Å². The van der Waals surface area contributed by atoms with E-state index < -0.39 is 35.7 Å². The molecule has 2 atom stereocenters. The molecule has 1 aromatic heterocycles. The molecule has 0 bridgehead atoms. The van der Waals surface area contributed by atoms with Crippen LogP contribution < -0.4 is 10.6 Å². The number of nitriles is 1. The van der Waals surface area contributed by atoms with E-state index in [0.29, 0.717) is 22.0 Å². The SMILES string of the molecule is CCC(C)(C)C1CCc2c(sc(NC(=O)CN3C(=O)NC(C)(c4ccc(F)cc4)C3=O)c2C#N)C1. The molecule has 4 amide bonds. The molecule has 1 aromatic carbocycles. The van der Waals surface area contributed by atoms with Gasteiger partial charge in [0.1, 0.15) is 29.0 Å². The minimum atomic E-state index is -1.40. The molecule has 7 nitrogen and oxygen atoms in total. The average Bonchev–Trinajstić information content (AvgIpc) is 3.27. The summed E-state index contributed by atoms with van der Waals surface area (Å²) in [5, 5.41) is 15.6. The summed E-state index contributed by atoms with van der Waals surface area (Å²) in [6.07, 6.45) is 3.73. The van der Waals surface area contributed by atoms with Gasteiger partial charge in [0.05, 0.1) is 5.56 Å². The number of rotatable bonds is 6. The van der Waals surface area contributed by atoms with Crippen molar-refractivity contribution in [2.24, 2.45) is 11.3 Å². The van der Waals surface area contributed by atoms with Crippen molar-refractivity contribution in [1.82, 2.24) is 10.2 Å². The van der Waals surface area contributed by atoms with Gasteiger partial charge in [-0.25, -0.2) is 9.18 Å². The number of imide groups is 1. The van der Waals surface area contributed by atoms with E-state index >= 15 is 0 Å². The molecule has 1 aliphatic carbocycles. The third kappa shape index (κ3) is 4.43. The number of carbonyl (C=O) groups excluding carboxylic acids is 3. The molecule has 1 aliphatic heterocycles. The summed E-state index contributed by atoms with van der Waals surface area (Å²) in [6, 6.07) is 6.81. The molecule has 35 heavy (non-hydrogen) atoms. The summed E-state index contributed by atoms with van der Waals surface area (Å²) in [5.74, 6) is -1.11. The lowest BCUT2D eigenvalue weighted by Crippen LogP contribution is -2.42. The van der Waals surface area contributed by atoms with Crippen LogP contribution >= 0.6 is 11.3 Å². The van der Waals surface area contributed by atoms with E-state index in [-0.39, 0.29) is 5.41 Å². The van der Waals surface area contributed by atoms with Crippen molar-refractivity contribution in [1.29, 1.82) is 5.26 Å². The molecule has 9 heteroatoms. The third-order valence-electron chi connectivity index (χ3n) is 7.64. The molecule has 2 N–H and O–H groups in total. The Balaban J connectivity index is 1.49. The molecule has 2 aromatic rings. The Morgan fingerprint density at radius 1 is 1.34 bits per heavy atom. The first-order chi connectivity index (χ1) is 16.5. The second kappa shape index (κ2) is 9.08. The zero-order valence-corrected chi connectivity index (χ0v) is 21.1. The van der Waals surface area contributed by atoms with Crippen LogP contribution in [0.15, 0.2) is 24.3 Å². The topological polar surface area (TPSA) is 102 Å². The quantitative estimate of drug-likeness (QED) is 0.566.